The molecule has 3 aromatic rings. The summed E-state index contributed by atoms with van der Waals surface area (Å²) in [5, 5.41) is 20.2. The van der Waals surface area contributed by atoms with E-state index in [1.165, 1.54) is 5.56 Å². The molecular formula is C22H24N6O. The highest BCUT2D eigenvalue weighted by Gasteiger charge is 2.29. The van der Waals surface area contributed by atoms with Crippen LogP contribution in [0.3, 0.4) is 0 Å². The molecule has 0 amide bonds. The van der Waals surface area contributed by atoms with Crippen molar-refractivity contribution < 1.29 is 0 Å². The minimum absolute atomic E-state index is 0.0940. The van der Waals surface area contributed by atoms with Gasteiger partial charge in [-0.1, -0.05) is 31.5 Å². The Morgan fingerprint density at radius 1 is 0.862 bits per heavy atom. The predicted molar refractivity (Wildman–Crippen MR) is 113 cm³/mol. The van der Waals surface area contributed by atoms with Crippen LogP contribution >= 0.6 is 0 Å². The van der Waals surface area contributed by atoms with Gasteiger partial charge in [0.15, 0.2) is 5.69 Å². The molecular weight excluding hydrogens is 364 g/mol. The molecule has 1 fully saturated rings. The SMILES string of the molecule is Cc1ccc(N=Nc2ccc(N=Nc3c(C(C)C)[nH]n(C4CC4)c3=O)cc2)cc1. The molecule has 0 aliphatic heterocycles. The molecule has 1 saturated carbocycles. The standard InChI is InChI=1S/C22H24N6O/c1-14(2)20-21(22(29)28(27-20)19-12-13-19)26-25-18-10-8-17(9-11-18)24-23-16-6-4-15(3)5-7-16/h4-11,14,19,27H,12-13H2,1-3H3. The molecule has 0 saturated heterocycles. The van der Waals surface area contributed by atoms with E-state index in [-0.39, 0.29) is 17.5 Å². The first-order valence-electron chi connectivity index (χ1n) is 9.86. The van der Waals surface area contributed by atoms with Crippen LogP contribution < -0.4 is 5.56 Å². The fourth-order valence-electron chi connectivity index (χ4n) is 2.97. The molecule has 1 N–H and O–H groups in total. The number of hydrogen-bond acceptors (Lipinski definition) is 5. The second kappa shape index (κ2) is 7.95. The highest BCUT2D eigenvalue weighted by molar-refractivity contribution is 5.49. The van der Waals surface area contributed by atoms with Crippen LogP contribution in [0.25, 0.3) is 0 Å². The number of nitrogens with zero attached hydrogens (tertiary/aromatic N) is 5. The lowest BCUT2D eigenvalue weighted by atomic mass is 10.1. The third-order valence-electron chi connectivity index (χ3n) is 4.84. The summed E-state index contributed by atoms with van der Waals surface area (Å²) in [7, 11) is 0. The molecule has 148 valence electrons. The average Bonchev–Trinajstić information content (AvgIpc) is 3.50. The summed E-state index contributed by atoms with van der Waals surface area (Å²) < 4.78 is 1.69. The van der Waals surface area contributed by atoms with Gasteiger partial charge in [-0.15, -0.1) is 5.11 Å². The molecule has 0 spiro atoms. The van der Waals surface area contributed by atoms with Crippen molar-refractivity contribution in [1.82, 2.24) is 9.78 Å². The van der Waals surface area contributed by atoms with Crippen LogP contribution in [0.15, 0.2) is 73.8 Å². The van der Waals surface area contributed by atoms with Crippen LogP contribution in [0.5, 0.6) is 0 Å². The third-order valence-corrected chi connectivity index (χ3v) is 4.84. The van der Waals surface area contributed by atoms with Gasteiger partial charge in [0.2, 0.25) is 0 Å². The van der Waals surface area contributed by atoms with Crippen LogP contribution in [0.4, 0.5) is 22.7 Å². The number of aromatic amines is 1. The highest BCUT2D eigenvalue weighted by atomic mass is 16.1. The highest BCUT2D eigenvalue weighted by Crippen LogP contribution is 2.35. The zero-order valence-electron chi connectivity index (χ0n) is 16.8. The number of azo groups is 2. The maximum Gasteiger partial charge on any atom is 0.294 e. The van der Waals surface area contributed by atoms with E-state index in [1.54, 1.807) is 4.68 Å². The van der Waals surface area contributed by atoms with E-state index < -0.39 is 0 Å². The van der Waals surface area contributed by atoms with E-state index in [9.17, 15) is 4.79 Å². The lowest BCUT2D eigenvalue weighted by molar-refractivity contribution is 0.603. The molecule has 1 heterocycles. The Bertz CT molecular complexity index is 1100. The van der Waals surface area contributed by atoms with Crippen molar-refractivity contribution in [3.05, 3.63) is 70.1 Å². The van der Waals surface area contributed by atoms with E-state index >= 15 is 0 Å². The van der Waals surface area contributed by atoms with E-state index in [4.69, 9.17) is 0 Å². The Balaban J connectivity index is 1.51. The van der Waals surface area contributed by atoms with Gasteiger partial charge in [-0.2, -0.15) is 15.3 Å². The molecule has 0 atom stereocenters. The zero-order valence-corrected chi connectivity index (χ0v) is 16.8. The summed E-state index contributed by atoms with van der Waals surface area (Å²) in [4.78, 5) is 12.6. The molecule has 29 heavy (non-hydrogen) atoms. The van der Waals surface area contributed by atoms with Gasteiger partial charge in [0.25, 0.3) is 5.56 Å². The van der Waals surface area contributed by atoms with Gasteiger partial charge in [-0.3, -0.25) is 9.89 Å². The maximum atomic E-state index is 12.6. The number of nitrogens with one attached hydrogen (secondary N) is 1. The smallest absolute Gasteiger partial charge is 0.294 e. The van der Waals surface area contributed by atoms with Crippen LogP contribution in [-0.2, 0) is 0 Å². The Morgan fingerprint density at radius 3 is 1.83 bits per heavy atom. The third kappa shape index (κ3) is 4.39. The van der Waals surface area contributed by atoms with Crippen molar-refractivity contribution in [1.29, 1.82) is 0 Å². The first-order chi connectivity index (χ1) is 14.0. The first-order valence-corrected chi connectivity index (χ1v) is 9.86. The molecule has 2 aromatic carbocycles. The number of hydrogen-bond donors (Lipinski definition) is 1. The lowest BCUT2D eigenvalue weighted by Crippen LogP contribution is -2.14. The van der Waals surface area contributed by atoms with E-state index in [0.717, 1.165) is 29.9 Å². The topological polar surface area (TPSA) is 87.2 Å². The number of H-pyrrole nitrogens is 1. The molecule has 7 heteroatoms. The molecule has 1 aromatic heterocycles. The van der Waals surface area contributed by atoms with Gasteiger partial charge < -0.3 is 0 Å². The fraction of sp³-hybridized carbons (Fsp3) is 0.318. The average molecular weight is 388 g/mol. The number of aromatic nitrogens is 2. The summed E-state index contributed by atoms with van der Waals surface area (Å²) >= 11 is 0. The van der Waals surface area contributed by atoms with E-state index in [1.807, 2.05) is 69.3 Å². The Hall–Kier alpha value is -3.35. The first kappa shape index (κ1) is 19.0. The molecule has 0 radical (unpaired) electrons. The normalized spacial score (nSPS) is 14.5. The molecule has 0 unspecified atom stereocenters. The van der Waals surface area contributed by atoms with Gasteiger partial charge in [0.05, 0.1) is 28.8 Å². The van der Waals surface area contributed by atoms with Crippen LogP contribution in [0.2, 0.25) is 0 Å². The summed E-state index contributed by atoms with van der Waals surface area (Å²) in [6, 6.07) is 15.4. The fourth-order valence-corrected chi connectivity index (χ4v) is 2.97. The Kier molecular flexibility index (Phi) is 5.20. The van der Waals surface area contributed by atoms with E-state index in [2.05, 4.69) is 25.6 Å². The van der Waals surface area contributed by atoms with Crippen molar-refractivity contribution in [2.45, 2.75) is 45.6 Å². The predicted octanol–water partition coefficient (Wildman–Crippen LogP) is 6.77. The zero-order chi connectivity index (χ0) is 20.4. The molecule has 1 aliphatic rings. The molecule has 0 bridgehead atoms. The van der Waals surface area contributed by atoms with E-state index in [0.29, 0.717) is 11.4 Å². The van der Waals surface area contributed by atoms with Crippen molar-refractivity contribution in [2.24, 2.45) is 20.5 Å². The molecule has 7 nitrogen and oxygen atoms in total. The number of benzene rings is 2. The largest absolute Gasteiger partial charge is 0.297 e. The summed E-state index contributed by atoms with van der Waals surface area (Å²) in [5.74, 6) is 0.168. The van der Waals surface area contributed by atoms with Crippen molar-refractivity contribution in [3.8, 4) is 0 Å². The quantitative estimate of drug-likeness (QED) is 0.464. The van der Waals surface area contributed by atoms with Crippen molar-refractivity contribution in [3.63, 3.8) is 0 Å². The van der Waals surface area contributed by atoms with Crippen LogP contribution in [0, 0.1) is 6.92 Å². The monoisotopic (exact) mass is 388 g/mol. The van der Waals surface area contributed by atoms with Crippen LogP contribution in [0.1, 0.15) is 49.9 Å². The number of aryl methyl sites for hydroxylation is 1. The maximum absolute atomic E-state index is 12.6. The summed E-state index contributed by atoms with van der Waals surface area (Å²) in [6.07, 6.45) is 2.07. The molecule has 1 aliphatic carbocycles. The molecule has 4 rings (SSSR count). The second-order valence-corrected chi connectivity index (χ2v) is 7.69. The Labute approximate surface area is 169 Å². The van der Waals surface area contributed by atoms with Gasteiger partial charge >= 0.3 is 0 Å². The van der Waals surface area contributed by atoms with Crippen molar-refractivity contribution in [2.75, 3.05) is 0 Å². The minimum atomic E-state index is -0.0940. The van der Waals surface area contributed by atoms with Gasteiger partial charge in [0.1, 0.15) is 0 Å². The summed E-state index contributed by atoms with van der Waals surface area (Å²) in [5.41, 5.74) is 4.51. The second-order valence-electron chi connectivity index (χ2n) is 7.69. The van der Waals surface area contributed by atoms with Gasteiger partial charge in [-0.25, -0.2) is 4.68 Å². The van der Waals surface area contributed by atoms with Crippen molar-refractivity contribution >= 4 is 22.7 Å². The minimum Gasteiger partial charge on any atom is -0.297 e. The number of rotatable bonds is 6. The summed E-state index contributed by atoms with van der Waals surface area (Å²) in [6.45, 7) is 6.11. The van der Waals surface area contributed by atoms with Gasteiger partial charge in [-0.05, 0) is 62.1 Å². The Morgan fingerprint density at radius 2 is 1.34 bits per heavy atom. The van der Waals surface area contributed by atoms with Crippen LogP contribution in [-0.4, -0.2) is 9.78 Å². The lowest BCUT2D eigenvalue weighted by Gasteiger charge is -2.01. The van der Waals surface area contributed by atoms with Gasteiger partial charge in [0, 0.05) is 0 Å².